The van der Waals surface area contributed by atoms with Gasteiger partial charge in [-0.3, -0.25) is 15.1 Å². The summed E-state index contributed by atoms with van der Waals surface area (Å²) >= 11 is 0. The highest BCUT2D eigenvalue weighted by molar-refractivity contribution is 6.13. The van der Waals surface area contributed by atoms with Gasteiger partial charge in [0.1, 0.15) is 0 Å². The second-order valence-electron chi connectivity index (χ2n) is 6.30. The van der Waals surface area contributed by atoms with Crippen LogP contribution in [0.5, 0.6) is 0 Å². The average molecular weight is 350 g/mol. The van der Waals surface area contributed by atoms with Crippen molar-refractivity contribution in [3.05, 3.63) is 59.7 Å². The molecule has 7 nitrogen and oxygen atoms in total. The molecule has 1 atom stereocenters. The van der Waals surface area contributed by atoms with Crippen molar-refractivity contribution in [1.29, 1.82) is 0 Å². The lowest BCUT2D eigenvalue weighted by Crippen LogP contribution is -2.43. The Balaban J connectivity index is 1.62. The van der Waals surface area contributed by atoms with E-state index in [4.69, 9.17) is 0 Å². The van der Waals surface area contributed by atoms with Gasteiger partial charge in [-0.15, -0.1) is 0 Å². The van der Waals surface area contributed by atoms with E-state index in [2.05, 4.69) is 20.5 Å². The van der Waals surface area contributed by atoms with Crippen molar-refractivity contribution in [2.24, 2.45) is 5.10 Å². The van der Waals surface area contributed by atoms with Crippen molar-refractivity contribution in [2.45, 2.75) is 12.0 Å². The van der Waals surface area contributed by atoms with Gasteiger partial charge in [0.05, 0.1) is 12.8 Å². The number of carbonyl (C=O) groups is 2. The van der Waals surface area contributed by atoms with E-state index in [0.717, 1.165) is 22.5 Å². The number of anilines is 2. The normalized spacial score (nSPS) is 20.6. The van der Waals surface area contributed by atoms with Crippen molar-refractivity contribution in [2.75, 3.05) is 24.8 Å². The Morgan fingerprint density at radius 2 is 1.96 bits per heavy atom. The predicted molar refractivity (Wildman–Crippen MR) is 98.1 cm³/mol. The van der Waals surface area contributed by atoms with Crippen molar-refractivity contribution < 1.29 is 14.3 Å². The van der Waals surface area contributed by atoms with Gasteiger partial charge in [0.2, 0.25) is 0 Å². The molecule has 0 fully saturated rings. The minimum atomic E-state index is -0.811. The molecule has 0 radical (unpaired) electrons. The van der Waals surface area contributed by atoms with E-state index in [1.165, 1.54) is 7.11 Å². The SMILES string of the molecule is COC(=O)Nc1ccc(C2=NN(C)C3(C2)C(=O)Nc2ccccc23)cc1. The number of ether oxygens (including phenoxy) is 1. The first-order chi connectivity index (χ1) is 12.5. The number of para-hydroxylation sites is 1. The Morgan fingerprint density at radius 1 is 1.23 bits per heavy atom. The third kappa shape index (κ3) is 2.32. The summed E-state index contributed by atoms with van der Waals surface area (Å²) in [6.07, 6.45) is -0.0373. The van der Waals surface area contributed by atoms with Crippen molar-refractivity contribution in [3.8, 4) is 0 Å². The molecule has 132 valence electrons. The van der Waals surface area contributed by atoms with Crippen LogP contribution in [0.15, 0.2) is 53.6 Å². The molecule has 2 amide bonds. The number of amides is 2. The van der Waals surface area contributed by atoms with Gasteiger partial charge in [-0.2, -0.15) is 5.10 Å². The summed E-state index contributed by atoms with van der Waals surface area (Å²) in [5, 5.41) is 11.9. The van der Waals surface area contributed by atoms with E-state index >= 15 is 0 Å². The van der Waals surface area contributed by atoms with E-state index in [9.17, 15) is 9.59 Å². The summed E-state index contributed by atoms with van der Waals surface area (Å²) in [4.78, 5) is 24.0. The number of hydrogen-bond acceptors (Lipinski definition) is 5. The fraction of sp³-hybridized carbons (Fsp3) is 0.211. The predicted octanol–water partition coefficient (Wildman–Crippen LogP) is 2.75. The molecule has 2 aromatic rings. The molecule has 7 heteroatoms. The monoisotopic (exact) mass is 350 g/mol. The van der Waals surface area contributed by atoms with Gasteiger partial charge in [0.15, 0.2) is 5.54 Å². The number of hydrogen-bond donors (Lipinski definition) is 2. The molecule has 0 aromatic heterocycles. The summed E-state index contributed by atoms with van der Waals surface area (Å²) in [7, 11) is 3.14. The van der Waals surface area contributed by atoms with E-state index < -0.39 is 11.6 Å². The Kier molecular flexibility index (Phi) is 3.64. The maximum absolute atomic E-state index is 12.8. The third-order valence-corrected chi connectivity index (χ3v) is 4.89. The number of hydrazone groups is 1. The van der Waals surface area contributed by atoms with Crippen LogP contribution in [0.2, 0.25) is 0 Å². The largest absolute Gasteiger partial charge is 0.453 e. The lowest BCUT2D eigenvalue weighted by atomic mass is 9.85. The zero-order valence-electron chi connectivity index (χ0n) is 14.4. The van der Waals surface area contributed by atoms with Crippen LogP contribution in [0, 0.1) is 0 Å². The first-order valence-corrected chi connectivity index (χ1v) is 8.22. The number of likely N-dealkylation sites (N-methyl/N-ethyl adjacent to an activating group) is 1. The first-order valence-electron chi connectivity index (χ1n) is 8.22. The van der Waals surface area contributed by atoms with Crippen LogP contribution in [0.3, 0.4) is 0 Å². The molecule has 2 heterocycles. The number of carbonyl (C=O) groups excluding carboxylic acids is 2. The van der Waals surface area contributed by atoms with E-state index in [-0.39, 0.29) is 5.91 Å². The van der Waals surface area contributed by atoms with Crippen molar-refractivity contribution in [3.63, 3.8) is 0 Å². The molecule has 1 spiro atoms. The van der Waals surface area contributed by atoms with Crippen molar-refractivity contribution >= 4 is 29.1 Å². The number of nitrogens with one attached hydrogen (secondary N) is 2. The zero-order valence-corrected chi connectivity index (χ0v) is 14.4. The van der Waals surface area contributed by atoms with Crippen LogP contribution in [0.1, 0.15) is 17.5 Å². The molecule has 1 unspecified atom stereocenters. The fourth-order valence-electron chi connectivity index (χ4n) is 3.53. The summed E-state index contributed by atoms with van der Waals surface area (Å²) in [5.41, 5.74) is 3.32. The van der Waals surface area contributed by atoms with Gasteiger partial charge in [-0.05, 0) is 23.8 Å². The molecule has 0 saturated carbocycles. The smallest absolute Gasteiger partial charge is 0.411 e. The van der Waals surface area contributed by atoms with Gasteiger partial charge in [0, 0.05) is 30.4 Å². The van der Waals surface area contributed by atoms with Crippen LogP contribution in [0.4, 0.5) is 16.2 Å². The highest BCUT2D eigenvalue weighted by Gasteiger charge is 2.53. The number of methoxy groups -OCH3 is 1. The van der Waals surface area contributed by atoms with E-state index in [1.54, 1.807) is 17.1 Å². The molecule has 4 rings (SSSR count). The van der Waals surface area contributed by atoms with Gasteiger partial charge in [-0.1, -0.05) is 30.3 Å². The molecule has 2 aromatic carbocycles. The minimum absolute atomic E-state index is 0.0658. The van der Waals surface area contributed by atoms with Crippen LogP contribution < -0.4 is 10.6 Å². The van der Waals surface area contributed by atoms with Crippen molar-refractivity contribution in [1.82, 2.24) is 5.01 Å². The number of nitrogens with zero attached hydrogens (tertiary/aromatic N) is 2. The Labute approximate surface area is 150 Å². The van der Waals surface area contributed by atoms with Crippen LogP contribution in [-0.4, -0.2) is 36.9 Å². The highest BCUT2D eigenvalue weighted by Crippen LogP contribution is 2.46. The molecule has 0 bridgehead atoms. The van der Waals surface area contributed by atoms with Crippen LogP contribution >= 0.6 is 0 Å². The van der Waals surface area contributed by atoms with E-state index in [1.807, 2.05) is 43.4 Å². The van der Waals surface area contributed by atoms with Crippen LogP contribution in [-0.2, 0) is 15.1 Å². The molecule has 2 aliphatic rings. The molecule has 26 heavy (non-hydrogen) atoms. The number of fused-ring (bicyclic) bond motifs is 2. The number of rotatable bonds is 2. The molecule has 2 aliphatic heterocycles. The van der Waals surface area contributed by atoms with E-state index in [0.29, 0.717) is 12.1 Å². The molecular formula is C19H18N4O3. The molecule has 0 aliphatic carbocycles. The summed E-state index contributed by atoms with van der Waals surface area (Å²) in [6, 6.07) is 15.0. The molecule has 2 N–H and O–H groups in total. The first kappa shape index (κ1) is 16.1. The van der Waals surface area contributed by atoms with Gasteiger partial charge in [-0.25, -0.2) is 4.79 Å². The second-order valence-corrected chi connectivity index (χ2v) is 6.30. The Hall–Kier alpha value is -3.35. The third-order valence-electron chi connectivity index (χ3n) is 4.89. The lowest BCUT2D eigenvalue weighted by Gasteiger charge is -2.29. The lowest BCUT2D eigenvalue weighted by molar-refractivity contribution is -0.125. The summed E-state index contributed by atoms with van der Waals surface area (Å²) in [6.45, 7) is 0. The Bertz CT molecular complexity index is 923. The quantitative estimate of drug-likeness (QED) is 0.872. The Morgan fingerprint density at radius 3 is 2.69 bits per heavy atom. The standard InChI is InChI=1S/C19H18N4O3/c1-23-19(14-5-3-4-6-15(14)21-17(19)24)11-16(22-23)12-7-9-13(10-8-12)20-18(25)26-2/h3-10H,11H2,1-2H3,(H,20,25)(H,21,24). The maximum Gasteiger partial charge on any atom is 0.411 e. The number of benzene rings is 2. The minimum Gasteiger partial charge on any atom is -0.453 e. The van der Waals surface area contributed by atoms with Crippen LogP contribution in [0.25, 0.3) is 0 Å². The van der Waals surface area contributed by atoms with Gasteiger partial charge < -0.3 is 10.1 Å². The van der Waals surface area contributed by atoms with Gasteiger partial charge >= 0.3 is 6.09 Å². The van der Waals surface area contributed by atoms with Gasteiger partial charge in [0.25, 0.3) is 5.91 Å². The molecule has 0 saturated heterocycles. The maximum atomic E-state index is 12.8. The fourth-order valence-corrected chi connectivity index (χ4v) is 3.53. The molecular weight excluding hydrogens is 332 g/mol. The average Bonchev–Trinajstić information content (AvgIpc) is 3.14. The highest BCUT2D eigenvalue weighted by atomic mass is 16.5. The second kappa shape index (κ2) is 5.87. The zero-order chi connectivity index (χ0) is 18.3. The topological polar surface area (TPSA) is 83.0 Å². The summed E-state index contributed by atoms with van der Waals surface area (Å²) in [5.74, 6) is -0.0658. The summed E-state index contributed by atoms with van der Waals surface area (Å²) < 4.78 is 4.58.